The SMILES string of the molecule is Nc1nc2nc(-c3c4ccccc4cc4c3ccc3ccccc34)[nH]c2c(=O)[nH]1. The van der Waals surface area contributed by atoms with Crippen molar-refractivity contribution in [2.45, 2.75) is 0 Å². The Balaban J connectivity index is 1.82. The van der Waals surface area contributed by atoms with Crippen LogP contribution in [0.1, 0.15) is 0 Å². The molecule has 0 fully saturated rings. The maximum absolute atomic E-state index is 12.3. The summed E-state index contributed by atoms with van der Waals surface area (Å²) in [5.74, 6) is 0.648. The van der Waals surface area contributed by atoms with Gasteiger partial charge in [0.2, 0.25) is 5.95 Å². The first kappa shape index (κ1) is 15.8. The number of aromatic nitrogens is 4. The number of rotatable bonds is 1. The van der Waals surface area contributed by atoms with Gasteiger partial charge in [0.25, 0.3) is 5.56 Å². The normalized spacial score (nSPS) is 11.7. The average molecular weight is 377 g/mol. The number of aromatic amines is 2. The Bertz CT molecular complexity index is 1640. The minimum atomic E-state index is -0.332. The summed E-state index contributed by atoms with van der Waals surface area (Å²) in [5.41, 5.74) is 6.93. The number of hydrogen-bond acceptors (Lipinski definition) is 4. The number of H-pyrrole nitrogens is 2. The van der Waals surface area contributed by atoms with Crippen LogP contribution in [-0.4, -0.2) is 19.9 Å². The van der Waals surface area contributed by atoms with E-state index in [1.54, 1.807) is 0 Å². The number of nitrogens with one attached hydrogen (secondary N) is 2. The molecule has 4 aromatic carbocycles. The van der Waals surface area contributed by atoms with Gasteiger partial charge in [0.15, 0.2) is 11.2 Å². The molecule has 6 nitrogen and oxygen atoms in total. The molecule has 29 heavy (non-hydrogen) atoms. The van der Waals surface area contributed by atoms with Crippen molar-refractivity contribution >= 4 is 49.4 Å². The fourth-order valence-electron chi connectivity index (χ4n) is 4.12. The molecule has 0 saturated heterocycles. The Morgan fingerprint density at radius 1 is 0.724 bits per heavy atom. The van der Waals surface area contributed by atoms with Gasteiger partial charge >= 0.3 is 0 Å². The highest BCUT2D eigenvalue weighted by atomic mass is 16.1. The number of nitrogen functional groups attached to an aromatic ring is 1. The minimum Gasteiger partial charge on any atom is -0.369 e. The number of hydrogen-bond donors (Lipinski definition) is 3. The van der Waals surface area contributed by atoms with Crippen molar-refractivity contribution in [1.29, 1.82) is 0 Å². The Morgan fingerprint density at radius 3 is 2.34 bits per heavy atom. The lowest BCUT2D eigenvalue weighted by Gasteiger charge is -2.12. The summed E-state index contributed by atoms with van der Waals surface area (Å²) < 4.78 is 0. The molecule has 0 radical (unpaired) electrons. The van der Waals surface area contributed by atoms with Gasteiger partial charge in [-0.15, -0.1) is 0 Å². The van der Waals surface area contributed by atoms with E-state index in [9.17, 15) is 4.79 Å². The van der Waals surface area contributed by atoms with Gasteiger partial charge in [-0.3, -0.25) is 9.78 Å². The molecule has 0 aliphatic heterocycles. The highest BCUT2D eigenvalue weighted by Gasteiger charge is 2.16. The zero-order valence-corrected chi connectivity index (χ0v) is 15.2. The van der Waals surface area contributed by atoms with Crippen LogP contribution in [0.3, 0.4) is 0 Å². The highest BCUT2D eigenvalue weighted by molar-refractivity contribution is 6.19. The lowest BCUT2D eigenvalue weighted by atomic mass is 9.93. The van der Waals surface area contributed by atoms with Crippen LogP contribution in [0.25, 0.3) is 54.9 Å². The van der Waals surface area contributed by atoms with Crippen molar-refractivity contribution in [3.63, 3.8) is 0 Å². The van der Waals surface area contributed by atoms with E-state index in [1.165, 1.54) is 10.8 Å². The second kappa shape index (κ2) is 5.65. The first-order valence-corrected chi connectivity index (χ1v) is 9.28. The molecule has 6 heteroatoms. The molecule has 6 rings (SSSR count). The molecule has 0 atom stereocenters. The number of fused-ring (bicyclic) bond motifs is 5. The van der Waals surface area contributed by atoms with Crippen LogP contribution in [-0.2, 0) is 0 Å². The van der Waals surface area contributed by atoms with Crippen LogP contribution in [0, 0.1) is 0 Å². The lowest BCUT2D eigenvalue weighted by Crippen LogP contribution is -2.10. The molecule has 2 aromatic heterocycles. The summed E-state index contributed by atoms with van der Waals surface area (Å²) in [6.45, 7) is 0. The minimum absolute atomic E-state index is 0.0503. The Morgan fingerprint density at radius 2 is 1.48 bits per heavy atom. The summed E-state index contributed by atoms with van der Waals surface area (Å²) >= 11 is 0. The van der Waals surface area contributed by atoms with Crippen molar-refractivity contribution in [2.24, 2.45) is 0 Å². The molecular weight excluding hydrogens is 362 g/mol. The first-order valence-electron chi connectivity index (χ1n) is 9.28. The Labute approximate surface area is 164 Å². The second-order valence-electron chi connectivity index (χ2n) is 7.09. The van der Waals surface area contributed by atoms with Gasteiger partial charge in [-0.1, -0.05) is 60.7 Å². The summed E-state index contributed by atoms with van der Waals surface area (Å²) in [5, 5.41) is 6.71. The first-order chi connectivity index (χ1) is 14.2. The molecule has 4 N–H and O–H groups in total. The molecule has 0 amide bonds. The van der Waals surface area contributed by atoms with Gasteiger partial charge in [-0.25, -0.2) is 4.98 Å². The molecule has 2 heterocycles. The Kier molecular flexibility index (Phi) is 3.09. The number of nitrogens with zero attached hydrogens (tertiary/aromatic N) is 2. The maximum atomic E-state index is 12.3. The van der Waals surface area contributed by atoms with Crippen LogP contribution in [0.2, 0.25) is 0 Å². The largest absolute Gasteiger partial charge is 0.369 e. The van der Waals surface area contributed by atoms with E-state index in [0.29, 0.717) is 17.0 Å². The van der Waals surface area contributed by atoms with Crippen LogP contribution >= 0.6 is 0 Å². The van der Waals surface area contributed by atoms with E-state index < -0.39 is 0 Å². The zero-order valence-electron chi connectivity index (χ0n) is 15.2. The van der Waals surface area contributed by atoms with E-state index in [0.717, 1.165) is 27.1 Å². The third kappa shape index (κ3) is 2.26. The van der Waals surface area contributed by atoms with E-state index in [-0.39, 0.29) is 11.5 Å². The fourth-order valence-corrected chi connectivity index (χ4v) is 4.12. The summed E-state index contributed by atoms with van der Waals surface area (Å²) in [6, 6.07) is 22.9. The standard InChI is InChI=1S/C23H15N5O/c24-23-27-21-19(22(29)28-23)25-20(26-21)18-15-8-4-2-6-13(15)11-17-14-7-3-1-5-12(14)9-10-16(17)18/h1-11H,(H4,24,25,26,27,28,29). The van der Waals surface area contributed by atoms with Crippen LogP contribution < -0.4 is 11.3 Å². The molecule has 0 unspecified atom stereocenters. The third-order valence-corrected chi connectivity index (χ3v) is 5.39. The third-order valence-electron chi connectivity index (χ3n) is 5.39. The zero-order chi connectivity index (χ0) is 19.5. The van der Waals surface area contributed by atoms with Crippen LogP contribution in [0.5, 0.6) is 0 Å². The van der Waals surface area contributed by atoms with Gasteiger partial charge in [-0.2, -0.15) is 4.98 Å². The summed E-state index contributed by atoms with van der Waals surface area (Å²) in [4.78, 5) is 26.8. The topological polar surface area (TPSA) is 100 Å². The predicted molar refractivity (Wildman–Crippen MR) is 117 cm³/mol. The van der Waals surface area contributed by atoms with Crippen LogP contribution in [0.4, 0.5) is 5.95 Å². The monoisotopic (exact) mass is 377 g/mol. The van der Waals surface area contributed by atoms with Gasteiger partial charge in [-0.05, 0) is 38.4 Å². The molecule has 138 valence electrons. The van der Waals surface area contributed by atoms with Crippen molar-refractivity contribution < 1.29 is 0 Å². The quantitative estimate of drug-likeness (QED) is 0.293. The van der Waals surface area contributed by atoms with Crippen molar-refractivity contribution in [1.82, 2.24) is 19.9 Å². The number of imidazole rings is 1. The highest BCUT2D eigenvalue weighted by Crippen LogP contribution is 2.38. The number of anilines is 1. The van der Waals surface area contributed by atoms with Crippen molar-refractivity contribution in [2.75, 3.05) is 5.73 Å². The van der Waals surface area contributed by atoms with Crippen molar-refractivity contribution in [3.05, 3.63) is 77.1 Å². The van der Waals surface area contributed by atoms with Gasteiger partial charge < -0.3 is 10.7 Å². The smallest absolute Gasteiger partial charge is 0.278 e. The molecule has 0 aliphatic rings. The van der Waals surface area contributed by atoms with Crippen LogP contribution in [0.15, 0.2) is 71.5 Å². The maximum Gasteiger partial charge on any atom is 0.278 e. The summed E-state index contributed by atoms with van der Waals surface area (Å²) in [6.07, 6.45) is 0. The molecular formula is C23H15N5O. The summed E-state index contributed by atoms with van der Waals surface area (Å²) in [7, 11) is 0. The Hall–Kier alpha value is -4.19. The van der Waals surface area contributed by atoms with Crippen molar-refractivity contribution in [3.8, 4) is 11.4 Å². The van der Waals surface area contributed by atoms with E-state index in [4.69, 9.17) is 5.73 Å². The van der Waals surface area contributed by atoms with Gasteiger partial charge in [0, 0.05) is 5.56 Å². The molecule has 0 spiro atoms. The number of benzene rings is 4. The molecule has 0 aliphatic carbocycles. The van der Waals surface area contributed by atoms with Gasteiger partial charge in [0.05, 0.1) is 0 Å². The molecule has 0 bridgehead atoms. The van der Waals surface area contributed by atoms with E-state index >= 15 is 0 Å². The molecule has 0 saturated carbocycles. The number of nitrogens with two attached hydrogens (primary N) is 1. The lowest BCUT2D eigenvalue weighted by molar-refractivity contribution is 1.17. The van der Waals surface area contributed by atoms with E-state index in [1.807, 2.05) is 24.3 Å². The fraction of sp³-hybridized carbons (Fsp3) is 0. The average Bonchev–Trinajstić information content (AvgIpc) is 3.16. The van der Waals surface area contributed by atoms with Gasteiger partial charge in [0.1, 0.15) is 5.82 Å². The molecule has 6 aromatic rings. The predicted octanol–water partition coefficient (Wildman–Crippen LogP) is 4.36. The second-order valence-corrected chi connectivity index (χ2v) is 7.09. The van der Waals surface area contributed by atoms with E-state index in [2.05, 4.69) is 62.4 Å².